The zero-order valence-corrected chi connectivity index (χ0v) is 13.1. The molecule has 1 saturated heterocycles. The molecule has 1 N–H and O–H groups in total. The molecule has 21 heavy (non-hydrogen) atoms. The van der Waals surface area contributed by atoms with Crippen LogP contribution in [0.4, 0.5) is 17.5 Å². The first kappa shape index (κ1) is 15.5. The molecule has 2 atom stereocenters. The van der Waals surface area contributed by atoms with E-state index in [1.807, 2.05) is 6.92 Å². The molecule has 1 fully saturated rings. The maximum atomic E-state index is 11.4. The summed E-state index contributed by atoms with van der Waals surface area (Å²) < 4.78 is 0. The molecule has 1 aliphatic rings. The zero-order valence-electron chi connectivity index (χ0n) is 13.1. The van der Waals surface area contributed by atoms with Gasteiger partial charge >= 0.3 is 5.69 Å². The zero-order chi connectivity index (χ0) is 15.6. The predicted molar refractivity (Wildman–Crippen MR) is 82.8 cm³/mol. The van der Waals surface area contributed by atoms with Crippen LogP contribution >= 0.6 is 0 Å². The van der Waals surface area contributed by atoms with Crippen LogP contribution in [0.25, 0.3) is 0 Å². The van der Waals surface area contributed by atoms with Gasteiger partial charge in [-0.3, -0.25) is 10.1 Å². The first-order valence-corrected chi connectivity index (χ1v) is 7.49. The third-order valence-corrected chi connectivity index (χ3v) is 4.20. The Hall–Kier alpha value is -1.92. The number of nitro groups is 1. The van der Waals surface area contributed by atoms with Crippen LogP contribution in [0.5, 0.6) is 0 Å². The summed E-state index contributed by atoms with van der Waals surface area (Å²) in [7, 11) is 0. The summed E-state index contributed by atoms with van der Waals surface area (Å²) in [6, 6.07) is 0.237. The normalized spacial score (nSPS) is 22.2. The summed E-state index contributed by atoms with van der Waals surface area (Å²) in [4.78, 5) is 21.7. The van der Waals surface area contributed by atoms with Crippen molar-refractivity contribution in [2.24, 2.45) is 5.92 Å². The fraction of sp³-hybridized carbons (Fsp3) is 0.714. The van der Waals surface area contributed by atoms with Gasteiger partial charge in [0.25, 0.3) is 0 Å². The summed E-state index contributed by atoms with van der Waals surface area (Å²) in [6.45, 7) is 9.39. The van der Waals surface area contributed by atoms with Gasteiger partial charge in [-0.25, -0.2) is 4.98 Å². The minimum absolute atomic E-state index is 0.0256. The Kier molecular flexibility index (Phi) is 4.59. The Balaban J connectivity index is 2.50. The van der Waals surface area contributed by atoms with Crippen LogP contribution in [0.15, 0.2) is 0 Å². The van der Waals surface area contributed by atoms with Gasteiger partial charge < -0.3 is 10.2 Å². The van der Waals surface area contributed by atoms with Crippen molar-refractivity contribution in [2.75, 3.05) is 23.3 Å². The SMILES string of the molecule is CCNc1nc(C)c([N+](=O)[O-])c(N2CCCC(C)C2C)n1. The lowest BCUT2D eigenvalue weighted by atomic mass is 9.92. The number of aryl methyl sites for hydroxylation is 1. The number of piperidine rings is 1. The highest BCUT2D eigenvalue weighted by atomic mass is 16.6. The molecule has 0 saturated carbocycles. The Morgan fingerprint density at radius 1 is 1.43 bits per heavy atom. The Labute approximate surface area is 124 Å². The number of nitrogens with zero attached hydrogens (tertiary/aromatic N) is 4. The first-order chi connectivity index (χ1) is 9.95. The monoisotopic (exact) mass is 293 g/mol. The molecule has 116 valence electrons. The quantitative estimate of drug-likeness (QED) is 0.678. The molecule has 0 radical (unpaired) electrons. The molecule has 1 aliphatic heterocycles. The molecule has 2 heterocycles. The molecule has 0 aliphatic carbocycles. The van der Waals surface area contributed by atoms with Crippen LogP contribution in [-0.4, -0.2) is 34.0 Å². The molecule has 7 heteroatoms. The number of hydrogen-bond acceptors (Lipinski definition) is 6. The average molecular weight is 293 g/mol. The summed E-state index contributed by atoms with van der Waals surface area (Å²) >= 11 is 0. The fourth-order valence-corrected chi connectivity index (χ4v) is 2.84. The smallest absolute Gasteiger partial charge is 0.332 e. The second-order valence-electron chi connectivity index (χ2n) is 5.65. The summed E-state index contributed by atoms with van der Waals surface area (Å²) in [6.07, 6.45) is 2.18. The van der Waals surface area contributed by atoms with Gasteiger partial charge in [-0.05, 0) is 39.5 Å². The Bertz CT molecular complexity index is 534. The van der Waals surface area contributed by atoms with E-state index in [4.69, 9.17) is 0 Å². The van der Waals surface area contributed by atoms with E-state index in [0.717, 1.165) is 19.4 Å². The molecule has 7 nitrogen and oxygen atoms in total. The van der Waals surface area contributed by atoms with Crippen molar-refractivity contribution in [3.8, 4) is 0 Å². The van der Waals surface area contributed by atoms with Crippen molar-refractivity contribution >= 4 is 17.5 Å². The number of nitrogens with one attached hydrogen (secondary N) is 1. The average Bonchev–Trinajstić information content (AvgIpc) is 2.41. The maximum absolute atomic E-state index is 11.4. The van der Waals surface area contributed by atoms with E-state index in [1.54, 1.807) is 6.92 Å². The second kappa shape index (κ2) is 6.24. The van der Waals surface area contributed by atoms with Crippen molar-refractivity contribution in [1.29, 1.82) is 0 Å². The third-order valence-electron chi connectivity index (χ3n) is 4.20. The van der Waals surface area contributed by atoms with Crippen LogP contribution in [0.1, 0.15) is 39.3 Å². The lowest BCUT2D eigenvalue weighted by Gasteiger charge is -2.38. The number of rotatable bonds is 4. The molecule has 0 amide bonds. The summed E-state index contributed by atoms with van der Waals surface area (Å²) in [5.74, 6) is 1.40. The van der Waals surface area contributed by atoms with Gasteiger partial charge in [0.15, 0.2) is 0 Å². The second-order valence-corrected chi connectivity index (χ2v) is 5.65. The van der Waals surface area contributed by atoms with Crippen LogP contribution in [0.2, 0.25) is 0 Å². The Morgan fingerprint density at radius 2 is 2.14 bits per heavy atom. The predicted octanol–water partition coefficient (Wildman–Crippen LogP) is 2.75. The topological polar surface area (TPSA) is 84.2 Å². The molecule has 0 spiro atoms. The minimum atomic E-state index is -0.369. The molecule has 1 aromatic heterocycles. The first-order valence-electron chi connectivity index (χ1n) is 7.49. The van der Waals surface area contributed by atoms with Gasteiger partial charge in [-0.2, -0.15) is 4.98 Å². The van der Waals surface area contributed by atoms with Gasteiger partial charge in [0, 0.05) is 19.1 Å². The number of anilines is 2. The summed E-state index contributed by atoms with van der Waals surface area (Å²) in [5, 5.41) is 14.5. The standard InChI is InChI=1S/C14H23N5O2/c1-5-15-14-16-10(3)12(19(20)21)13(17-14)18-8-6-7-9(2)11(18)4/h9,11H,5-8H2,1-4H3,(H,15,16,17). The highest BCUT2D eigenvalue weighted by Gasteiger charge is 2.33. The van der Waals surface area contributed by atoms with E-state index < -0.39 is 0 Å². The van der Waals surface area contributed by atoms with Crippen molar-refractivity contribution in [3.05, 3.63) is 15.8 Å². The molecule has 0 bridgehead atoms. The third kappa shape index (κ3) is 3.06. The summed E-state index contributed by atoms with van der Waals surface area (Å²) in [5.41, 5.74) is 0.434. The maximum Gasteiger partial charge on any atom is 0.332 e. The van der Waals surface area contributed by atoms with Gasteiger partial charge in [-0.1, -0.05) is 6.92 Å². The largest absolute Gasteiger partial charge is 0.354 e. The molecule has 2 unspecified atom stereocenters. The van der Waals surface area contributed by atoms with Gasteiger partial charge in [0.2, 0.25) is 11.8 Å². The van der Waals surface area contributed by atoms with Gasteiger partial charge in [0.1, 0.15) is 5.69 Å². The van der Waals surface area contributed by atoms with Crippen LogP contribution in [0.3, 0.4) is 0 Å². The van der Waals surface area contributed by atoms with Gasteiger partial charge in [-0.15, -0.1) is 0 Å². The minimum Gasteiger partial charge on any atom is -0.354 e. The van der Waals surface area contributed by atoms with Crippen LogP contribution in [0, 0.1) is 23.0 Å². The van der Waals surface area contributed by atoms with E-state index in [1.165, 1.54) is 0 Å². The Morgan fingerprint density at radius 3 is 2.76 bits per heavy atom. The molecule has 0 aromatic carbocycles. The van der Waals surface area contributed by atoms with Crippen LogP contribution < -0.4 is 10.2 Å². The number of aromatic nitrogens is 2. The molecular weight excluding hydrogens is 270 g/mol. The lowest BCUT2D eigenvalue weighted by molar-refractivity contribution is -0.385. The van der Waals surface area contributed by atoms with E-state index in [0.29, 0.717) is 29.9 Å². The molecule has 1 aromatic rings. The molecular formula is C14H23N5O2. The van der Waals surface area contributed by atoms with Crippen molar-refractivity contribution < 1.29 is 4.92 Å². The fourth-order valence-electron chi connectivity index (χ4n) is 2.84. The van der Waals surface area contributed by atoms with Gasteiger partial charge in [0.05, 0.1) is 4.92 Å². The number of hydrogen-bond donors (Lipinski definition) is 1. The highest BCUT2D eigenvalue weighted by Crippen LogP contribution is 2.35. The van der Waals surface area contributed by atoms with Crippen molar-refractivity contribution in [3.63, 3.8) is 0 Å². The van der Waals surface area contributed by atoms with E-state index in [-0.39, 0.29) is 16.7 Å². The van der Waals surface area contributed by atoms with E-state index in [2.05, 4.69) is 34.0 Å². The lowest BCUT2D eigenvalue weighted by Crippen LogP contribution is -2.43. The van der Waals surface area contributed by atoms with Crippen molar-refractivity contribution in [2.45, 2.75) is 46.6 Å². The van der Waals surface area contributed by atoms with E-state index in [9.17, 15) is 10.1 Å². The van der Waals surface area contributed by atoms with Crippen molar-refractivity contribution in [1.82, 2.24) is 9.97 Å². The highest BCUT2D eigenvalue weighted by molar-refractivity contribution is 5.63. The van der Waals surface area contributed by atoms with E-state index >= 15 is 0 Å². The van der Waals surface area contributed by atoms with Crippen LogP contribution in [-0.2, 0) is 0 Å². The molecule has 2 rings (SSSR count).